The summed E-state index contributed by atoms with van der Waals surface area (Å²) in [6.07, 6.45) is 0. The molecule has 1 saturated heterocycles. The Morgan fingerprint density at radius 1 is 1.04 bits per heavy atom. The van der Waals surface area contributed by atoms with Crippen molar-refractivity contribution >= 4 is 34.9 Å². The number of rotatable bonds is 5. The molecule has 0 aliphatic carbocycles. The number of amides is 1. The minimum atomic E-state index is -0.696. The van der Waals surface area contributed by atoms with Crippen LogP contribution in [0.25, 0.3) is 0 Å². The Hall–Kier alpha value is -3.13. The molecule has 146 valence electrons. The van der Waals surface area contributed by atoms with Crippen molar-refractivity contribution < 1.29 is 19.2 Å². The van der Waals surface area contributed by atoms with E-state index in [2.05, 4.69) is 4.90 Å². The number of carbonyl (C=O) groups is 2. The molecule has 0 unspecified atom stereocenters. The van der Waals surface area contributed by atoms with Gasteiger partial charge in [0.2, 0.25) is 0 Å². The molecule has 0 atom stereocenters. The van der Waals surface area contributed by atoms with Crippen LogP contribution in [0.15, 0.2) is 48.5 Å². The van der Waals surface area contributed by atoms with Crippen LogP contribution in [0.1, 0.15) is 10.4 Å². The lowest BCUT2D eigenvalue weighted by atomic mass is 10.2. The van der Waals surface area contributed by atoms with Gasteiger partial charge in [0.15, 0.2) is 6.61 Å². The molecule has 0 spiro atoms. The third kappa shape index (κ3) is 4.58. The van der Waals surface area contributed by atoms with Gasteiger partial charge in [-0.2, -0.15) is 0 Å². The Bertz CT molecular complexity index is 879. The van der Waals surface area contributed by atoms with Gasteiger partial charge in [0, 0.05) is 38.3 Å². The van der Waals surface area contributed by atoms with Crippen LogP contribution in [0.5, 0.6) is 0 Å². The van der Waals surface area contributed by atoms with Gasteiger partial charge in [0.05, 0.1) is 21.2 Å². The van der Waals surface area contributed by atoms with Crippen molar-refractivity contribution in [3.05, 3.63) is 69.2 Å². The summed E-state index contributed by atoms with van der Waals surface area (Å²) < 4.78 is 5.04. The van der Waals surface area contributed by atoms with Crippen molar-refractivity contribution in [3.63, 3.8) is 0 Å². The zero-order chi connectivity index (χ0) is 20.1. The average molecular weight is 404 g/mol. The van der Waals surface area contributed by atoms with Crippen LogP contribution in [-0.2, 0) is 9.53 Å². The molecule has 28 heavy (non-hydrogen) atoms. The molecule has 0 saturated carbocycles. The lowest BCUT2D eigenvalue weighted by molar-refractivity contribution is -0.384. The number of nitrogens with zero attached hydrogens (tertiary/aromatic N) is 3. The second-order valence-electron chi connectivity index (χ2n) is 6.20. The summed E-state index contributed by atoms with van der Waals surface area (Å²) in [6.45, 7) is 1.89. The number of nitro groups is 1. The van der Waals surface area contributed by atoms with Crippen LogP contribution in [0.2, 0.25) is 5.02 Å². The first-order valence-corrected chi connectivity index (χ1v) is 9.02. The largest absolute Gasteiger partial charge is 0.452 e. The molecule has 0 radical (unpaired) electrons. The standard InChI is InChI=1S/C19H18ClN3O5/c20-16-3-1-2-4-17(16)21-9-11-22(12-10-21)18(24)13-28-19(25)14-5-7-15(8-6-14)23(26)27/h1-8H,9-13H2. The summed E-state index contributed by atoms with van der Waals surface area (Å²) in [5.41, 5.74) is 0.965. The molecule has 9 heteroatoms. The zero-order valence-corrected chi connectivity index (χ0v) is 15.7. The maximum absolute atomic E-state index is 12.3. The van der Waals surface area contributed by atoms with Crippen LogP contribution in [0, 0.1) is 10.1 Å². The van der Waals surface area contributed by atoms with E-state index in [0.717, 1.165) is 5.69 Å². The molecule has 0 aromatic heterocycles. The average Bonchev–Trinajstić information content (AvgIpc) is 2.72. The van der Waals surface area contributed by atoms with Gasteiger partial charge in [0.25, 0.3) is 11.6 Å². The van der Waals surface area contributed by atoms with Crippen molar-refractivity contribution in [2.45, 2.75) is 0 Å². The highest BCUT2D eigenvalue weighted by Gasteiger charge is 2.23. The highest BCUT2D eigenvalue weighted by molar-refractivity contribution is 6.33. The SMILES string of the molecule is O=C(OCC(=O)N1CCN(c2ccccc2Cl)CC1)c1ccc([N+](=O)[O-])cc1. The summed E-state index contributed by atoms with van der Waals surface area (Å²) in [5.74, 6) is -0.980. The molecule has 1 fully saturated rings. The normalized spacial score (nSPS) is 13.9. The van der Waals surface area contributed by atoms with Gasteiger partial charge < -0.3 is 14.5 Å². The van der Waals surface area contributed by atoms with Crippen molar-refractivity contribution in [3.8, 4) is 0 Å². The van der Waals surface area contributed by atoms with Gasteiger partial charge in [-0.3, -0.25) is 14.9 Å². The van der Waals surface area contributed by atoms with Gasteiger partial charge in [-0.1, -0.05) is 23.7 Å². The maximum atomic E-state index is 12.3. The van der Waals surface area contributed by atoms with E-state index < -0.39 is 10.9 Å². The van der Waals surface area contributed by atoms with E-state index in [-0.39, 0.29) is 23.8 Å². The second-order valence-corrected chi connectivity index (χ2v) is 6.61. The van der Waals surface area contributed by atoms with Crippen LogP contribution < -0.4 is 4.90 Å². The molecular weight excluding hydrogens is 386 g/mol. The van der Waals surface area contributed by atoms with E-state index in [1.54, 1.807) is 4.90 Å². The van der Waals surface area contributed by atoms with Crippen LogP contribution in [-0.4, -0.2) is 54.5 Å². The van der Waals surface area contributed by atoms with Crippen molar-refractivity contribution in [1.29, 1.82) is 0 Å². The fourth-order valence-electron chi connectivity index (χ4n) is 2.93. The predicted molar refractivity (Wildman–Crippen MR) is 104 cm³/mol. The van der Waals surface area contributed by atoms with Gasteiger partial charge in [-0.25, -0.2) is 4.79 Å². The fourth-order valence-corrected chi connectivity index (χ4v) is 3.18. The van der Waals surface area contributed by atoms with Crippen molar-refractivity contribution in [2.75, 3.05) is 37.7 Å². The van der Waals surface area contributed by atoms with E-state index in [4.69, 9.17) is 16.3 Å². The van der Waals surface area contributed by atoms with E-state index in [0.29, 0.717) is 31.2 Å². The summed E-state index contributed by atoms with van der Waals surface area (Å²) in [6, 6.07) is 12.6. The number of non-ortho nitro benzene ring substituents is 1. The van der Waals surface area contributed by atoms with Crippen LogP contribution >= 0.6 is 11.6 Å². The number of benzene rings is 2. The summed E-state index contributed by atoms with van der Waals surface area (Å²) in [5, 5.41) is 11.3. The van der Waals surface area contributed by atoms with E-state index in [1.165, 1.54) is 24.3 Å². The Morgan fingerprint density at radius 2 is 1.68 bits per heavy atom. The zero-order valence-electron chi connectivity index (χ0n) is 14.9. The minimum Gasteiger partial charge on any atom is -0.452 e. The lowest BCUT2D eigenvalue weighted by Crippen LogP contribution is -2.50. The molecule has 0 N–H and O–H groups in total. The molecule has 8 nitrogen and oxygen atoms in total. The van der Waals surface area contributed by atoms with E-state index >= 15 is 0 Å². The minimum absolute atomic E-state index is 0.121. The van der Waals surface area contributed by atoms with Gasteiger partial charge in [0.1, 0.15) is 0 Å². The number of piperazine rings is 1. The highest BCUT2D eigenvalue weighted by Crippen LogP contribution is 2.26. The number of para-hydroxylation sites is 1. The third-order valence-corrected chi connectivity index (χ3v) is 4.79. The first-order valence-electron chi connectivity index (χ1n) is 8.64. The number of hydrogen-bond acceptors (Lipinski definition) is 6. The molecule has 1 aliphatic heterocycles. The van der Waals surface area contributed by atoms with Crippen molar-refractivity contribution in [1.82, 2.24) is 4.90 Å². The lowest BCUT2D eigenvalue weighted by Gasteiger charge is -2.36. The van der Waals surface area contributed by atoms with Gasteiger partial charge >= 0.3 is 5.97 Å². The van der Waals surface area contributed by atoms with Gasteiger partial charge in [-0.15, -0.1) is 0 Å². The number of anilines is 1. The molecular formula is C19H18ClN3O5. The second kappa shape index (κ2) is 8.71. The first-order chi connectivity index (χ1) is 13.5. The number of nitro benzene ring substituents is 1. The van der Waals surface area contributed by atoms with Crippen molar-refractivity contribution in [2.24, 2.45) is 0 Å². The maximum Gasteiger partial charge on any atom is 0.338 e. The molecule has 1 aliphatic rings. The quantitative estimate of drug-likeness (QED) is 0.433. The Labute approximate surface area is 166 Å². The Balaban J connectivity index is 1.48. The van der Waals surface area contributed by atoms with E-state index in [1.807, 2.05) is 24.3 Å². The molecule has 3 rings (SSSR count). The molecule has 1 heterocycles. The van der Waals surface area contributed by atoms with Crippen LogP contribution in [0.4, 0.5) is 11.4 Å². The third-order valence-electron chi connectivity index (χ3n) is 4.47. The number of carbonyl (C=O) groups excluding carboxylic acids is 2. The molecule has 0 bridgehead atoms. The number of halogens is 1. The Kier molecular flexibility index (Phi) is 6.10. The summed E-state index contributed by atoms with van der Waals surface area (Å²) >= 11 is 6.21. The topological polar surface area (TPSA) is 93.0 Å². The van der Waals surface area contributed by atoms with Crippen LogP contribution in [0.3, 0.4) is 0 Å². The summed E-state index contributed by atoms with van der Waals surface area (Å²) in [7, 11) is 0. The molecule has 2 aromatic carbocycles. The fraction of sp³-hybridized carbons (Fsp3) is 0.263. The first kappa shape index (κ1) is 19.6. The van der Waals surface area contributed by atoms with E-state index in [9.17, 15) is 19.7 Å². The molecule has 2 aromatic rings. The Morgan fingerprint density at radius 3 is 2.29 bits per heavy atom. The summed E-state index contributed by atoms with van der Waals surface area (Å²) in [4.78, 5) is 38.1. The molecule has 1 amide bonds. The monoisotopic (exact) mass is 403 g/mol. The number of hydrogen-bond donors (Lipinski definition) is 0. The number of esters is 1. The highest BCUT2D eigenvalue weighted by atomic mass is 35.5. The predicted octanol–water partition coefficient (Wildman–Crippen LogP) is 2.75. The number of ether oxygens (including phenoxy) is 1. The smallest absolute Gasteiger partial charge is 0.338 e. The van der Waals surface area contributed by atoms with Gasteiger partial charge in [-0.05, 0) is 24.3 Å².